The Morgan fingerprint density at radius 2 is 2.05 bits per heavy atom. The fourth-order valence-electron chi connectivity index (χ4n) is 1.70. The number of aliphatic carboxylic acids is 1. The van der Waals surface area contributed by atoms with Gasteiger partial charge in [0.2, 0.25) is 10.0 Å². The molecule has 122 valence electrons. The molecule has 0 saturated carbocycles. The van der Waals surface area contributed by atoms with Crippen molar-refractivity contribution in [3.05, 3.63) is 28.2 Å². The van der Waals surface area contributed by atoms with Crippen molar-refractivity contribution < 1.29 is 27.9 Å². The monoisotopic (exact) mass is 393 g/mol. The number of carbonyl (C=O) groups is 2. The van der Waals surface area contributed by atoms with Crippen LogP contribution in [0.5, 0.6) is 0 Å². The van der Waals surface area contributed by atoms with E-state index < -0.39 is 22.0 Å². The van der Waals surface area contributed by atoms with Crippen LogP contribution in [0.2, 0.25) is 0 Å². The second-order valence-corrected chi connectivity index (χ2v) is 7.05. The van der Waals surface area contributed by atoms with Crippen LogP contribution in [0.4, 0.5) is 0 Å². The number of esters is 1. The summed E-state index contributed by atoms with van der Waals surface area (Å²) < 4.78 is 32.0. The van der Waals surface area contributed by atoms with Gasteiger partial charge in [-0.15, -0.1) is 0 Å². The van der Waals surface area contributed by atoms with Crippen LogP contribution in [-0.2, 0) is 30.8 Å². The number of halogens is 1. The number of rotatable bonds is 8. The molecule has 0 spiro atoms. The molecule has 9 heteroatoms. The van der Waals surface area contributed by atoms with E-state index in [1.807, 2.05) is 0 Å². The third-order valence-electron chi connectivity index (χ3n) is 2.73. The zero-order valence-electron chi connectivity index (χ0n) is 11.8. The number of carboxylic acid groups (broad SMARTS) is 1. The fourth-order valence-corrected chi connectivity index (χ4v) is 3.40. The molecule has 22 heavy (non-hydrogen) atoms. The Morgan fingerprint density at radius 3 is 2.64 bits per heavy atom. The maximum atomic E-state index is 12.3. The van der Waals surface area contributed by atoms with Crippen LogP contribution in [0.3, 0.4) is 0 Å². The molecule has 0 aliphatic carbocycles. The molecule has 1 rings (SSSR count). The van der Waals surface area contributed by atoms with Gasteiger partial charge in [-0.2, -0.15) is 0 Å². The highest BCUT2D eigenvalue weighted by atomic mass is 79.9. The summed E-state index contributed by atoms with van der Waals surface area (Å²) in [5.41, 5.74) is 0.298. The van der Waals surface area contributed by atoms with Gasteiger partial charge >= 0.3 is 11.9 Å². The Balaban J connectivity index is 2.93. The van der Waals surface area contributed by atoms with E-state index in [-0.39, 0.29) is 30.7 Å². The van der Waals surface area contributed by atoms with Gasteiger partial charge in [0.25, 0.3) is 0 Å². The van der Waals surface area contributed by atoms with Crippen molar-refractivity contribution in [3.63, 3.8) is 0 Å². The van der Waals surface area contributed by atoms with Crippen LogP contribution >= 0.6 is 15.9 Å². The molecule has 0 saturated heterocycles. The zero-order valence-corrected chi connectivity index (χ0v) is 14.2. The summed E-state index contributed by atoms with van der Waals surface area (Å²) in [6.07, 6.45) is -0.128. The first-order valence-electron chi connectivity index (χ1n) is 6.33. The number of hydrogen-bond acceptors (Lipinski definition) is 5. The van der Waals surface area contributed by atoms with Gasteiger partial charge in [-0.1, -0.05) is 15.9 Å². The van der Waals surface area contributed by atoms with Crippen LogP contribution in [0.25, 0.3) is 0 Å². The van der Waals surface area contributed by atoms with Crippen LogP contribution in [-0.4, -0.2) is 39.1 Å². The molecule has 1 aromatic rings. The zero-order chi connectivity index (χ0) is 16.8. The molecule has 0 heterocycles. The summed E-state index contributed by atoms with van der Waals surface area (Å²) >= 11 is 3.22. The highest BCUT2D eigenvalue weighted by molar-refractivity contribution is 9.10. The molecule has 0 atom stereocenters. The highest BCUT2D eigenvalue weighted by Gasteiger charge is 2.20. The molecular weight excluding hydrogens is 378 g/mol. The van der Waals surface area contributed by atoms with E-state index in [4.69, 9.17) is 5.11 Å². The van der Waals surface area contributed by atoms with Crippen LogP contribution < -0.4 is 4.72 Å². The van der Waals surface area contributed by atoms with Gasteiger partial charge in [0.05, 0.1) is 18.4 Å². The van der Waals surface area contributed by atoms with Crippen molar-refractivity contribution in [2.45, 2.75) is 24.2 Å². The van der Waals surface area contributed by atoms with Crippen molar-refractivity contribution in [2.24, 2.45) is 0 Å². The van der Waals surface area contributed by atoms with E-state index >= 15 is 0 Å². The second kappa shape index (κ2) is 8.25. The van der Waals surface area contributed by atoms with Crippen molar-refractivity contribution in [1.29, 1.82) is 0 Å². The predicted molar refractivity (Wildman–Crippen MR) is 81.9 cm³/mol. The lowest BCUT2D eigenvalue weighted by Gasteiger charge is -2.11. The lowest BCUT2D eigenvalue weighted by molar-refractivity contribution is -0.140. The number of sulfonamides is 1. The van der Waals surface area contributed by atoms with E-state index in [9.17, 15) is 18.0 Å². The molecule has 0 radical (unpaired) electrons. The minimum atomic E-state index is -3.83. The summed E-state index contributed by atoms with van der Waals surface area (Å²) in [5.74, 6) is -1.55. The van der Waals surface area contributed by atoms with Crippen molar-refractivity contribution in [1.82, 2.24) is 4.72 Å². The molecule has 0 bridgehead atoms. The summed E-state index contributed by atoms with van der Waals surface area (Å²) in [7, 11) is -2.61. The number of hydrogen-bond donors (Lipinski definition) is 2. The molecule has 2 N–H and O–H groups in total. The lowest BCUT2D eigenvalue weighted by Crippen LogP contribution is -2.26. The Morgan fingerprint density at radius 1 is 1.36 bits per heavy atom. The maximum absolute atomic E-state index is 12.3. The predicted octanol–water partition coefficient (Wildman–Crippen LogP) is 1.31. The second-order valence-electron chi connectivity index (χ2n) is 4.40. The minimum Gasteiger partial charge on any atom is -0.481 e. The summed E-state index contributed by atoms with van der Waals surface area (Å²) in [4.78, 5) is 21.8. The number of methoxy groups -OCH3 is 1. The van der Waals surface area contributed by atoms with Crippen molar-refractivity contribution in [3.8, 4) is 0 Å². The molecule has 0 aliphatic rings. The molecule has 7 nitrogen and oxygen atoms in total. The first-order chi connectivity index (χ1) is 10.3. The number of benzene rings is 1. The molecule has 0 aliphatic heterocycles. The lowest BCUT2D eigenvalue weighted by atomic mass is 10.1. The maximum Gasteiger partial charge on any atom is 0.310 e. The number of ether oxygens (including phenoxy) is 1. The quantitative estimate of drug-likeness (QED) is 0.508. The van der Waals surface area contributed by atoms with E-state index in [0.717, 1.165) is 0 Å². The smallest absolute Gasteiger partial charge is 0.310 e. The average molecular weight is 394 g/mol. The molecular formula is C13H16BrNO6S. The summed E-state index contributed by atoms with van der Waals surface area (Å²) in [6, 6.07) is 4.46. The van der Waals surface area contributed by atoms with E-state index in [2.05, 4.69) is 25.4 Å². The summed E-state index contributed by atoms with van der Waals surface area (Å²) in [6.45, 7) is 0.00234. The molecule has 1 aromatic carbocycles. The van der Waals surface area contributed by atoms with Crippen molar-refractivity contribution >= 4 is 37.9 Å². The topological polar surface area (TPSA) is 110 Å². The Kier molecular flexibility index (Phi) is 6.98. The van der Waals surface area contributed by atoms with Gasteiger partial charge in [0.15, 0.2) is 0 Å². The Bertz CT molecular complexity index is 658. The normalized spacial score (nSPS) is 11.2. The van der Waals surface area contributed by atoms with Gasteiger partial charge in [-0.25, -0.2) is 13.1 Å². The first-order valence-corrected chi connectivity index (χ1v) is 8.60. The SMILES string of the molecule is COC(=O)Cc1cc(Br)ccc1S(=O)(=O)NCCCC(=O)O. The van der Waals surface area contributed by atoms with E-state index in [0.29, 0.717) is 10.0 Å². The van der Waals surface area contributed by atoms with Gasteiger partial charge in [0, 0.05) is 17.4 Å². The Hall–Kier alpha value is -1.45. The molecule has 0 fully saturated rings. The minimum absolute atomic E-state index is 0.00234. The van der Waals surface area contributed by atoms with Crippen molar-refractivity contribution in [2.75, 3.05) is 13.7 Å². The average Bonchev–Trinajstić information content (AvgIpc) is 2.43. The number of carbonyl (C=O) groups excluding carboxylic acids is 1. The van der Waals surface area contributed by atoms with Gasteiger partial charge in [-0.3, -0.25) is 9.59 Å². The Labute approximate surface area is 136 Å². The van der Waals surface area contributed by atoms with Crippen LogP contribution in [0.15, 0.2) is 27.6 Å². The number of nitrogens with one attached hydrogen (secondary N) is 1. The third kappa shape index (κ3) is 5.74. The number of carboxylic acids is 1. The standard InChI is InChI=1S/C13H16BrNO6S/c1-21-13(18)8-9-7-10(14)4-5-11(9)22(19,20)15-6-2-3-12(16)17/h4-5,7,15H,2-3,6,8H2,1H3,(H,16,17). The third-order valence-corrected chi connectivity index (χ3v) is 4.79. The van der Waals surface area contributed by atoms with E-state index in [1.165, 1.54) is 19.2 Å². The largest absolute Gasteiger partial charge is 0.481 e. The fraction of sp³-hybridized carbons (Fsp3) is 0.385. The molecule has 0 unspecified atom stereocenters. The van der Waals surface area contributed by atoms with Crippen LogP contribution in [0.1, 0.15) is 18.4 Å². The van der Waals surface area contributed by atoms with E-state index in [1.54, 1.807) is 6.07 Å². The highest BCUT2D eigenvalue weighted by Crippen LogP contribution is 2.21. The van der Waals surface area contributed by atoms with Gasteiger partial charge < -0.3 is 9.84 Å². The molecule has 0 amide bonds. The first kappa shape index (κ1) is 18.6. The summed E-state index contributed by atoms with van der Waals surface area (Å²) in [5, 5.41) is 8.53. The van der Waals surface area contributed by atoms with Gasteiger partial charge in [-0.05, 0) is 30.2 Å². The van der Waals surface area contributed by atoms with Gasteiger partial charge in [0.1, 0.15) is 0 Å². The van der Waals surface area contributed by atoms with Crippen LogP contribution in [0, 0.1) is 0 Å². The molecule has 0 aromatic heterocycles.